The molecular weight excluding hydrogens is 218 g/mol. The van der Waals surface area contributed by atoms with Crippen LogP contribution in [0.4, 0.5) is 5.69 Å². The highest BCUT2D eigenvalue weighted by Crippen LogP contribution is 2.14. The Bertz CT molecular complexity index is 348. The molecule has 4 nitrogen and oxygen atoms in total. The van der Waals surface area contributed by atoms with Gasteiger partial charge >= 0.3 is 0 Å². The molecule has 0 bridgehead atoms. The van der Waals surface area contributed by atoms with Crippen LogP contribution < -0.4 is 0 Å². The topological polar surface area (TPSA) is 63.4 Å². The molecule has 1 aromatic rings. The Kier molecular flexibility index (Phi) is 5.63. The van der Waals surface area contributed by atoms with E-state index in [-0.39, 0.29) is 11.8 Å². The molecule has 0 aliphatic carbocycles. The van der Waals surface area contributed by atoms with Crippen LogP contribution in [0.3, 0.4) is 0 Å². The highest BCUT2D eigenvalue weighted by atomic mass is 16.6. The molecular formula is C13H19NO3. The summed E-state index contributed by atoms with van der Waals surface area (Å²) in [5, 5.41) is 20.2. The summed E-state index contributed by atoms with van der Waals surface area (Å²) >= 11 is 0. The molecule has 0 saturated carbocycles. The van der Waals surface area contributed by atoms with Crippen LogP contribution in [-0.4, -0.2) is 16.1 Å². The van der Waals surface area contributed by atoms with Gasteiger partial charge in [-0.15, -0.1) is 0 Å². The number of hydrogen-bond donors (Lipinski definition) is 1. The van der Waals surface area contributed by atoms with Gasteiger partial charge in [-0.05, 0) is 18.4 Å². The number of rotatable bonds is 7. The normalized spacial score (nSPS) is 12.4. The van der Waals surface area contributed by atoms with E-state index >= 15 is 0 Å². The van der Waals surface area contributed by atoms with Gasteiger partial charge in [-0.1, -0.05) is 38.3 Å². The van der Waals surface area contributed by atoms with Gasteiger partial charge in [-0.25, -0.2) is 0 Å². The van der Waals surface area contributed by atoms with Crippen molar-refractivity contribution in [2.75, 3.05) is 0 Å². The van der Waals surface area contributed by atoms with Gasteiger partial charge in [-0.2, -0.15) is 0 Å². The lowest BCUT2D eigenvalue weighted by Crippen LogP contribution is -2.10. The molecule has 0 aromatic heterocycles. The minimum absolute atomic E-state index is 0.0919. The van der Waals surface area contributed by atoms with E-state index < -0.39 is 4.92 Å². The van der Waals surface area contributed by atoms with Crippen molar-refractivity contribution in [2.24, 2.45) is 0 Å². The predicted octanol–water partition coefficient (Wildman–Crippen LogP) is 3.08. The first-order valence-electron chi connectivity index (χ1n) is 6.05. The Morgan fingerprint density at radius 1 is 1.29 bits per heavy atom. The van der Waals surface area contributed by atoms with Gasteiger partial charge in [0.15, 0.2) is 0 Å². The van der Waals surface area contributed by atoms with Gasteiger partial charge in [0.1, 0.15) is 0 Å². The van der Waals surface area contributed by atoms with Crippen LogP contribution >= 0.6 is 0 Å². The average molecular weight is 237 g/mol. The lowest BCUT2D eigenvalue weighted by Gasteiger charge is -2.09. The van der Waals surface area contributed by atoms with E-state index in [1.54, 1.807) is 12.1 Å². The molecule has 17 heavy (non-hydrogen) atoms. The quantitative estimate of drug-likeness (QED) is 0.450. The number of nitro benzene ring substituents is 1. The molecule has 0 heterocycles. The summed E-state index contributed by atoms with van der Waals surface area (Å²) in [4.78, 5) is 10.0. The van der Waals surface area contributed by atoms with Gasteiger partial charge < -0.3 is 5.11 Å². The van der Waals surface area contributed by atoms with E-state index in [4.69, 9.17) is 0 Å². The maximum atomic E-state index is 10.5. The van der Waals surface area contributed by atoms with Crippen LogP contribution in [0.2, 0.25) is 0 Å². The Labute approximate surface area is 101 Å². The summed E-state index contributed by atoms with van der Waals surface area (Å²) in [7, 11) is 0. The first-order chi connectivity index (χ1) is 8.13. The molecule has 0 saturated heterocycles. The van der Waals surface area contributed by atoms with E-state index in [1.807, 2.05) is 0 Å². The molecule has 1 unspecified atom stereocenters. The first-order valence-corrected chi connectivity index (χ1v) is 6.05. The summed E-state index contributed by atoms with van der Waals surface area (Å²) in [6.45, 7) is 2.13. The Balaban J connectivity index is 2.43. The molecule has 1 aromatic carbocycles. The molecule has 0 aliphatic heterocycles. The predicted molar refractivity (Wildman–Crippen MR) is 66.9 cm³/mol. The zero-order chi connectivity index (χ0) is 12.7. The van der Waals surface area contributed by atoms with Crippen LogP contribution in [0.5, 0.6) is 0 Å². The Morgan fingerprint density at radius 2 is 1.94 bits per heavy atom. The number of aliphatic hydroxyl groups excluding tert-OH is 1. The number of benzene rings is 1. The van der Waals surface area contributed by atoms with Crippen LogP contribution in [0, 0.1) is 10.1 Å². The second kappa shape index (κ2) is 7.01. The van der Waals surface area contributed by atoms with Gasteiger partial charge in [-0.3, -0.25) is 10.1 Å². The number of hydrogen-bond acceptors (Lipinski definition) is 3. The fourth-order valence-electron chi connectivity index (χ4n) is 1.76. The largest absolute Gasteiger partial charge is 0.393 e. The zero-order valence-corrected chi connectivity index (χ0v) is 10.1. The number of aliphatic hydroxyl groups is 1. The molecule has 1 atom stereocenters. The summed E-state index contributed by atoms with van der Waals surface area (Å²) in [5.74, 6) is 0. The fourth-order valence-corrected chi connectivity index (χ4v) is 1.76. The lowest BCUT2D eigenvalue weighted by atomic mass is 10.0. The third-order valence-corrected chi connectivity index (χ3v) is 2.76. The fraction of sp³-hybridized carbons (Fsp3) is 0.538. The van der Waals surface area contributed by atoms with Crippen molar-refractivity contribution in [2.45, 2.75) is 45.1 Å². The van der Waals surface area contributed by atoms with Crippen molar-refractivity contribution in [3.63, 3.8) is 0 Å². The van der Waals surface area contributed by atoms with E-state index in [0.29, 0.717) is 6.42 Å². The van der Waals surface area contributed by atoms with Crippen LogP contribution in [0.1, 0.15) is 38.2 Å². The number of nitro groups is 1. The zero-order valence-electron chi connectivity index (χ0n) is 10.1. The SMILES string of the molecule is CCCCCC(O)Cc1ccc([N+](=O)[O-])cc1. The smallest absolute Gasteiger partial charge is 0.269 e. The molecule has 0 spiro atoms. The molecule has 94 valence electrons. The molecule has 1 N–H and O–H groups in total. The maximum Gasteiger partial charge on any atom is 0.269 e. The minimum atomic E-state index is -0.415. The Morgan fingerprint density at radius 3 is 2.47 bits per heavy atom. The molecule has 0 amide bonds. The van der Waals surface area contributed by atoms with E-state index in [0.717, 1.165) is 31.2 Å². The highest BCUT2D eigenvalue weighted by Gasteiger charge is 2.08. The second-order valence-corrected chi connectivity index (χ2v) is 4.28. The van der Waals surface area contributed by atoms with Gasteiger partial charge in [0.05, 0.1) is 11.0 Å². The van der Waals surface area contributed by atoms with E-state index in [2.05, 4.69) is 6.92 Å². The van der Waals surface area contributed by atoms with Crippen molar-refractivity contribution >= 4 is 5.69 Å². The van der Waals surface area contributed by atoms with Gasteiger partial charge in [0.2, 0.25) is 0 Å². The minimum Gasteiger partial charge on any atom is -0.393 e. The summed E-state index contributed by atoms with van der Waals surface area (Å²) in [6.07, 6.45) is 4.33. The van der Waals surface area contributed by atoms with Crippen LogP contribution in [0.25, 0.3) is 0 Å². The van der Waals surface area contributed by atoms with Gasteiger partial charge in [0.25, 0.3) is 5.69 Å². The first kappa shape index (κ1) is 13.6. The van der Waals surface area contributed by atoms with Crippen molar-refractivity contribution in [3.8, 4) is 0 Å². The summed E-state index contributed by atoms with van der Waals surface area (Å²) in [5.41, 5.74) is 1.04. The van der Waals surface area contributed by atoms with Crippen molar-refractivity contribution in [1.29, 1.82) is 0 Å². The monoisotopic (exact) mass is 237 g/mol. The van der Waals surface area contributed by atoms with E-state index in [9.17, 15) is 15.2 Å². The summed E-state index contributed by atoms with van der Waals surface area (Å²) in [6, 6.07) is 6.38. The molecule has 0 radical (unpaired) electrons. The highest BCUT2D eigenvalue weighted by molar-refractivity contribution is 5.33. The second-order valence-electron chi connectivity index (χ2n) is 4.28. The number of unbranched alkanes of at least 4 members (excludes halogenated alkanes) is 2. The molecule has 1 rings (SSSR count). The van der Waals surface area contributed by atoms with Crippen molar-refractivity contribution in [1.82, 2.24) is 0 Å². The average Bonchev–Trinajstić information content (AvgIpc) is 2.30. The van der Waals surface area contributed by atoms with Crippen LogP contribution in [-0.2, 0) is 6.42 Å². The summed E-state index contributed by atoms with van der Waals surface area (Å²) < 4.78 is 0. The third kappa shape index (κ3) is 4.95. The lowest BCUT2D eigenvalue weighted by molar-refractivity contribution is -0.384. The molecule has 4 heteroatoms. The maximum absolute atomic E-state index is 10.5. The van der Waals surface area contributed by atoms with Crippen LogP contribution in [0.15, 0.2) is 24.3 Å². The molecule has 0 fully saturated rings. The third-order valence-electron chi connectivity index (χ3n) is 2.76. The van der Waals surface area contributed by atoms with Crippen molar-refractivity contribution < 1.29 is 10.0 Å². The molecule has 0 aliphatic rings. The number of nitrogens with zero attached hydrogens (tertiary/aromatic N) is 1. The van der Waals surface area contributed by atoms with Gasteiger partial charge in [0, 0.05) is 12.1 Å². The van der Waals surface area contributed by atoms with E-state index in [1.165, 1.54) is 12.1 Å². The Hall–Kier alpha value is -1.42. The number of non-ortho nitro benzene ring substituents is 1. The standard InChI is InChI=1S/C13H19NO3/c1-2-3-4-5-13(15)10-11-6-8-12(9-7-11)14(16)17/h6-9,13,15H,2-5,10H2,1H3. The van der Waals surface area contributed by atoms with Crippen molar-refractivity contribution in [3.05, 3.63) is 39.9 Å².